The molecule has 0 aromatic carbocycles. The summed E-state index contributed by atoms with van der Waals surface area (Å²) in [5.41, 5.74) is 7.46. The highest BCUT2D eigenvalue weighted by atomic mass is 16.5. The van der Waals surface area contributed by atoms with Crippen molar-refractivity contribution in [2.24, 2.45) is 11.1 Å². The molecule has 2 heterocycles. The summed E-state index contributed by atoms with van der Waals surface area (Å²) in [6, 6.07) is 5.71. The second-order valence-corrected chi connectivity index (χ2v) is 6.48. The van der Waals surface area contributed by atoms with Crippen LogP contribution in [0.3, 0.4) is 0 Å². The van der Waals surface area contributed by atoms with Crippen LogP contribution in [-0.4, -0.2) is 10.8 Å². The zero-order chi connectivity index (χ0) is 15.9. The molecular formula is C17H17N3O2. The highest BCUT2D eigenvalue weighted by Gasteiger charge is 2.42. The molecule has 1 aromatic heterocycles. The molecule has 0 saturated heterocycles. The van der Waals surface area contributed by atoms with Gasteiger partial charge in [-0.15, -0.1) is 0 Å². The van der Waals surface area contributed by atoms with E-state index >= 15 is 0 Å². The van der Waals surface area contributed by atoms with Crippen LogP contribution in [0.2, 0.25) is 0 Å². The standard InChI is InChI=1S/C17H17N3O2/c1-17(2)7-12(21)15-13(8-17)22-16(19)11(9-18)14(15)10-3-5-20-6-4-10/h3-6,14H,7-8,19H2,1-2H3. The number of Topliss-reactive ketones (excluding diaryl/α,β-unsaturated/α-hetero) is 1. The van der Waals surface area contributed by atoms with Crippen LogP contribution in [-0.2, 0) is 9.53 Å². The maximum atomic E-state index is 12.7. The Balaban J connectivity index is 2.18. The summed E-state index contributed by atoms with van der Waals surface area (Å²) in [5, 5.41) is 9.46. The zero-order valence-corrected chi connectivity index (χ0v) is 12.6. The molecule has 0 spiro atoms. The van der Waals surface area contributed by atoms with Crippen molar-refractivity contribution in [3.05, 3.63) is 52.9 Å². The van der Waals surface area contributed by atoms with Gasteiger partial charge in [0.1, 0.15) is 17.4 Å². The minimum atomic E-state index is -0.458. The maximum absolute atomic E-state index is 12.7. The average Bonchev–Trinajstić information content (AvgIpc) is 2.45. The van der Waals surface area contributed by atoms with Gasteiger partial charge >= 0.3 is 0 Å². The third-order valence-electron chi connectivity index (χ3n) is 4.11. The molecule has 5 heteroatoms. The highest BCUT2D eigenvalue weighted by Crippen LogP contribution is 2.47. The minimum absolute atomic E-state index is 0.0216. The van der Waals surface area contributed by atoms with Crippen LogP contribution >= 0.6 is 0 Å². The minimum Gasteiger partial charge on any atom is -0.444 e. The van der Waals surface area contributed by atoms with E-state index in [0.29, 0.717) is 24.2 Å². The molecule has 112 valence electrons. The lowest BCUT2D eigenvalue weighted by Gasteiger charge is -2.37. The Morgan fingerprint density at radius 1 is 1.36 bits per heavy atom. The van der Waals surface area contributed by atoms with Crippen LogP contribution in [0.4, 0.5) is 0 Å². The first-order valence-corrected chi connectivity index (χ1v) is 7.17. The molecule has 0 radical (unpaired) electrons. The molecule has 2 N–H and O–H groups in total. The first kappa shape index (κ1) is 14.3. The Hall–Kier alpha value is -2.61. The lowest BCUT2D eigenvalue weighted by molar-refractivity contribution is -0.119. The van der Waals surface area contributed by atoms with E-state index in [0.717, 1.165) is 5.56 Å². The third-order valence-corrected chi connectivity index (χ3v) is 4.11. The summed E-state index contributed by atoms with van der Waals surface area (Å²) >= 11 is 0. The van der Waals surface area contributed by atoms with Crippen molar-refractivity contribution in [2.75, 3.05) is 0 Å². The number of aromatic nitrogens is 1. The van der Waals surface area contributed by atoms with Gasteiger partial charge < -0.3 is 10.5 Å². The number of nitriles is 1. The average molecular weight is 295 g/mol. The molecule has 22 heavy (non-hydrogen) atoms. The molecule has 1 aliphatic heterocycles. The third kappa shape index (κ3) is 2.27. The molecule has 0 saturated carbocycles. The molecule has 0 bridgehead atoms. The summed E-state index contributed by atoms with van der Waals surface area (Å²) in [6.45, 7) is 4.05. The van der Waals surface area contributed by atoms with E-state index < -0.39 is 5.92 Å². The quantitative estimate of drug-likeness (QED) is 0.860. The van der Waals surface area contributed by atoms with E-state index in [1.807, 2.05) is 13.8 Å². The second-order valence-electron chi connectivity index (χ2n) is 6.48. The molecule has 5 nitrogen and oxygen atoms in total. The zero-order valence-electron chi connectivity index (χ0n) is 12.6. The number of nitrogens with two attached hydrogens (primary N) is 1. The van der Waals surface area contributed by atoms with Gasteiger partial charge in [-0.05, 0) is 23.1 Å². The van der Waals surface area contributed by atoms with Crippen molar-refractivity contribution in [1.29, 1.82) is 5.26 Å². The topological polar surface area (TPSA) is 89.0 Å². The van der Waals surface area contributed by atoms with Gasteiger partial charge in [0.15, 0.2) is 5.78 Å². The molecule has 2 aliphatic rings. The van der Waals surface area contributed by atoms with Crippen LogP contribution in [0.25, 0.3) is 0 Å². The van der Waals surface area contributed by atoms with Crippen molar-refractivity contribution < 1.29 is 9.53 Å². The van der Waals surface area contributed by atoms with Crippen molar-refractivity contribution in [1.82, 2.24) is 4.98 Å². The number of carbonyl (C=O) groups excluding carboxylic acids is 1. The number of hydrogen-bond acceptors (Lipinski definition) is 5. The lowest BCUT2D eigenvalue weighted by atomic mass is 9.70. The fourth-order valence-electron chi connectivity index (χ4n) is 3.17. The van der Waals surface area contributed by atoms with Crippen LogP contribution in [0.5, 0.6) is 0 Å². The van der Waals surface area contributed by atoms with Crippen molar-refractivity contribution in [2.45, 2.75) is 32.6 Å². The number of pyridine rings is 1. The first-order valence-electron chi connectivity index (χ1n) is 7.17. The number of hydrogen-bond donors (Lipinski definition) is 1. The summed E-state index contributed by atoms with van der Waals surface area (Å²) < 4.78 is 5.63. The van der Waals surface area contributed by atoms with E-state index in [-0.39, 0.29) is 22.7 Å². The SMILES string of the molecule is CC1(C)CC(=O)C2=C(C1)OC(N)=C(C#N)C2c1ccncc1. The van der Waals surface area contributed by atoms with Gasteiger partial charge in [0.05, 0.1) is 5.92 Å². The van der Waals surface area contributed by atoms with E-state index in [1.54, 1.807) is 24.5 Å². The highest BCUT2D eigenvalue weighted by molar-refractivity contribution is 6.00. The Morgan fingerprint density at radius 3 is 2.68 bits per heavy atom. The first-order chi connectivity index (χ1) is 10.4. The van der Waals surface area contributed by atoms with Crippen LogP contribution in [0.1, 0.15) is 38.2 Å². The van der Waals surface area contributed by atoms with E-state index in [4.69, 9.17) is 10.5 Å². The van der Waals surface area contributed by atoms with Gasteiger partial charge in [-0.3, -0.25) is 9.78 Å². The van der Waals surface area contributed by atoms with Gasteiger partial charge in [-0.25, -0.2) is 0 Å². The number of carbonyl (C=O) groups is 1. The number of ketones is 1. The fourth-order valence-corrected chi connectivity index (χ4v) is 3.17. The smallest absolute Gasteiger partial charge is 0.205 e. The molecular weight excluding hydrogens is 278 g/mol. The summed E-state index contributed by atoms with van der Waals surface area (Å²) in [4.78, 5) is 16.7. The maximum Gasteiger partial charge on any atom is 0.205 e. The van der Waals surface area contributed by atoms with Crippen molar-refractivity contribution in [3.8, 4) is 6.07 Å². The second kappa shape index (κ2) is 4.99. The van der Waals surface area contributed by atoms with Gasteiger partial charge in [0.25, 0.3) is 0 Å². The van der Waals surface area contributed by atoms with Crippen LogP contribution < -0.4 is 5.73 Å². The number of rotatable bonds is 1. The summed E-state index contributed by atoms with van der Waals surface area (Å²) in [6.07, 6.45) is 4.37. The van der Waals surface area contributed by atoms with Crippen molar-refractivity contribution in [3.63, 3.8) is 0 Å². The molecule has 0 fully saturated rings. The molecule has 1 unspecified atom stereocenters. The largest absolute Gasteiger partial charge is 0.444 e. The Kier molecular flexibility index (Phi) is 3.25. The van der Waals surface area contributed by atoms with Gasteiger partial charge in [0.2, 0.25) is 5.88 Å². The molecule has 1 aliphatic carbocycles. The fraction of sp³-hybridized carbons (Fsp3) is 0.353. The summed E-state index contributed by atoms with van der Waals surface area (Å²) in [5.74, 6) is 0.252. The van der Waals surface area contributed by atoms with Crippen LogP contribution in [0, 0.1) is 16.7 Å². The van der Waals surface area contributed by atoms with Gasteiger partial charge in [0, 0.05) is 30.8 Å². The van der Waals surface area contributed by atoms with Gasteiger partial charge in [-0.2, -0.15) is 5.26 Å². The molecule has 1 atom stereocenters. The number of nitrogens with zero attached hydrogens (tertiary/aromatic N) is 2. The Labute approximate surface area is 129 Å². The normalized spacial score (nSPS) is 23.7. The van der Waals surface area contributed by atoms with Crippen LogP contribution in [0.15, 0.2) is 47.3 Å². The molecule has 3 rings (SSSR count). The van der Waals surface area contributed by atoms with E-state index in [2.05, 4.69) is 11.1 Å². The molecule has 0 amide bonds. The Bertz CT molecular complexity index is 739. The van der Waals surface area contributed by atoms with E-state index in [1.165, 1.54) is 0 Å². The molecule has 1 aromatic rings. The predicted molar refractivity (Wildman–Crippen MR) is 79.9 cm³/mol. The van der Waals surface area contributed by atoms with Gasteiger partial charge in [-0.1, -0.05) is 13.8 Å². The lowest BCUT2D eigenvalue weighted by Crippen LogP contribution is -2.33. The number of ether oxygens (including phenoxy) is 1. The Morgan fingerprint density at radius 2 is 2.05 bits per heavy atom. The van der Waals surface area contributed by atoms with Crippen molar-refractivity contribution >= 4 is 5.78 Å². The monoisotopic (exact) mass is 295 g/mol. The van der Waals surface area contributed by atoms with E-state index in [9.17, 15) is 10.1 Å². The summed E-state index contributed by atoms with van der Waals surface area (Å²) in [7, 11) is 0. The number of allylic oxidation sites excluding steroid dienone is 3. The predicted octanol–water partition coefficient (Wildman–Crippen LogP) is 2.53.